The molecular weight excluding hydrogens is 296 g/mol. The average Bonchev–Trinajstić information content (AvgIpc) is 2.37. The third-order valence-corrected chi connectivity index (χ3v) is 3.60. The van der Waals surface area contributed by atoms with Crippen LogP contribution in [0.2, 0.25) is 10.0 Å². The summed E-state index contributed by atoms with van der Waals surface area (Å²) < 4.78 is 13.6. The van der Waals surface area contributed by atoms with Crippen LogP contribution < -0.4 is 5.32 Å². The van der Waals surface area contributed by atoms with Crippen LogP contribution in [0.5, 0.6) is 0 Å². The van der Waals surface area contributed by atoms with E-state index in [0.29, 0.717) is 10.0 Å². The summed E-state index contributed by atoms with van der Waals surface area (Å²) in [6.45, 7) is 4.93. The van der Waals surface area contributed by atoms with Gasteiger partial charge in [0.25, 0.3) is 0 Å². The second-order valence-electron chi connectivity index (χ2n) is 4.67. The zero-order valence-electron chi connectivity index (χ0n) is 11.4. The van der Waals surface area contributed by atoms with Crippen LogP contribution in [0.25, 0.3) is 11.1 Å². The van der Waals surface area contributed by atoms with Crippen molar-refractivity contribution in [1.29, 1.82) is 0 Å². The average molecular weight is 312 g/mol. The van der Waals surface area contributed by atoms with Crippen molar-refractivity contribution >= 4 is 23.2 Å². The highest BCUT2D eigenvalue weighted by Gasteiger charge is 2.13. The summed E-state index contributed by atoms with van der Waals surface area (Å²) in [5.74, 6) is -0.274. The molecule has 1 nitrogen and oxygen atoms in total. The predicted octanol–water partition coefficient (Wildman–Crippen LogP) is 5.47. The van der Waals surface area contributed by atoms with Gasteiger partial charge in [-0.1, -0.05) is 36.2 Å². The molecule has 0 fully saturated rings. The van der Waals surface area contributed by atoms with E-state index in [1.54, 1.807) is 24.3 Å². The Hall–Kier alpha value is -1.09. The number of nitrogens with one attached hydrogen (secondary N) is 1. The molecule has 0 aliphatic heterocycles. The first-order valence-electron chi connectivity index (χ1n) is 6.50. The minimum Gasteiger partial charge on any atom is -0.310 e. The van der Waals surface area contributed by atoms with Crippen LogP contribution in [0, 0.1) is 5.82 Å². The molecule has 0 aliphatic rings. The van der Waals surface area contributed by atoms with Crippen molar-refractivity contribution in [3.8, 4) is 11.1 Å². The lowest BCUT2D eigenvalue weighted by molar-refractivity contribution is 0.593. The SMILES string of the molecule is CCNC(C)c1ccc(F)cc1-c1cc(Cl)cc(Cl)c1. The lowest BCUT2D eigenvalue weighted by Crippen LogP contribution is -2.18. The molecule has 2 rings (SSSR count). The molecule has 0 amide bonds. The van der Waals surface area contributed by atoms with Crippen LogP contribution in [0.4, 0.5) is 4.39 Å². The summed E-state index contributed by atoms with van der Waals surface area (Å²) in [7, 11) is 0. The van der Waals surface area contributed by atoms with E-state index in [-0.39, 0.29) is 11.9 Å². The Bertz CT molecular complexity index is 593. The Morgan fingerprint density at radius 1 is 1.10 bits per heavy atom. The number of benzene rings is 2. The summed E-state index contributed by atoms with van der Waals surface area (Å²) >= 11 is 12.1. The first-order valence-corrected chi connectivity index (χ1v) is 7.26. The van der Waals surface area contributed by atoms with Gasteiger partial charge in [0.15, 0.2) is 0 Å². The molecule has 0 spiro atoms. The molecule has 0 saturated heterocycles. The first kappa shape index (κ1) is 15.3. The van der Waals surface area contributed by atoms with Crippen LogP contribution in [-0.4, -0.2) is 6.54 Å². The van der Waals surface area contributed by atoms with Gasteiger partial charge in [-0.25, -0.2) is 4.39 Å². The highest BCUT2D eigenvalue weighted by Crippen LogP contribution is 2.32. The van der Waals surface area contributed by atoms with E-state index < -0.39 is 0 Å². The molecule has 1 unspecified atom stereocenters. The third kappa shape index (κ3) is 3.51. The largest absolute Gasteiger partial charge is 0.310 e. The van der Waals surface area contributed by atoms with Gasteiger partial charge in [-0.15, -0.1) is 0 Å². The van der Waals surface area contributed by atoms with Crippen molar-refractivity contribution in [3.63, 3.8) is 0 Å². The van der Waals surface area contributed by atoms with E-state index in [1.165, 1.54) is 12.1 Å². The van der Waals surface area contributed by atoms with Gasteiger partial charge in [-0.2, -0.15) is 0 Å². The molecule has 0 radical (unpaired) electrons. The van der Waals surface area contributed by atoms with Crippen LogP contribution in [0.1, 0.15) is 25.5 Å². The number of halogens is 3. The number of hydrogen-bond donors (Lipinski definition) is 1. The zero-order valence-corrected chi connectivity index (χ0v) is 12.9. The highest BCUT2D eigenvalue weighted by molar-refractivity contribution is 6.35. The molecule has 0 aliphatic carbocycles. The molecule has 2 aromatic rings. The standard InChI is InChI=1S/C16H16Cl2FN/c1-3-20-10(2)15-5-4-14(19)9-16(15)11-6-12(17)8-13(18)7-11/h4-10,20H,3H2,1-2H3. The topological polar surface area (TPSA) is 12.0 Å². The third-order valence-electron chi connectivity index (χ3n) is 3.17. The molecular formula is C16H16Cl2FN. The monoisotopic (exact) mass is 311 g/mol. The van der Waals surface area contributed by atoms with Gasteiger partial charge in [0.2, 0.25) is 0 Å². The maximum absolute atomic E-state index is 13.6. The van der Waals surface area contributed by atoms with E-state index in [1.807, 2.05) is 13.8 Å². The van der Waals surface area contributed by atoms with E-state index in [9.17, 15) is 4.39 Å². The van der Waals surface area contributed by atoms with Gasteiger partial charge in [-0.05, 0) is 60.5 Å². The Morgan fingerprint density at radius 2 is 1.75 bits per heavy atom. The smallest absolute Gasteiger partial charge is 0.123 e. The lowest BCUT2D eigenvalue weighted by Gasteiger charge is -2.18. The Kier molecular flexibility index (Phi) is 5.03. The zero-order chi connectivity index (χ0) is 14.7. The fourth-order valence-electron chi connectivity index (χ4n) is 2.28. The van der Waals surface area contributed by atoms with E-state index in [4.69, 9.17) is 23.2 Å². The van der Waals surface area contributed by atoms with E-state index in [0.717, 1.165) is 23.2 Å². The van der Waals surface area contributed by atoms with Gasteiger partial charge < -0.3 is 5.32 Å². The van der Waals surface area contributed by atoms with Gasteiger partial charge in [0.05, 0.1) is 0 Å². The minimum absolute atomic E-state index is 0.119. The van der Waals surface area contributed by atoms with Gasteiger partial charge in [0.1, 0.15) is 5.82 Å². The highest BCUT2D eigenvalue weighted by atomic mass is 35.5. The van der Waals surface area contributed by atoms with Crippen molar-refractivity contribution in [2.75, 3.05) is 6.54 Å². The molecule has 0 bridgehead atoms. The molecule has 1 N–H and O–H groups in total. The number of hydrogen-bond acceptors (Lipinski definition) is 1. The summed E-state index contributed by atoms with van der Waals surface area (Å²) in [6.07, 6.45) is 0. The molecule has 106 valence electrons. The second kappa shape index (κ2) is 6.57. The van der Waals surface area contributed by atoms with Crippen molar-refractivity contribution in [2.24, 2.45) is 0 Å². The van der Waals surface area contributed by atoms with Crippen LogP contribution >= 0.6 is 23.2 Å². The van der Waals surface area contributed by atoms with Gasteiger partial charge >= 0.3 is 0 Å². The molecule has 4 heteroatoms. The quantitative estimate of drug-likeness (QED) is 0.789. The maximum atomic E-state index is 13.6. The van der Waals surface area contributed by atoms with Crippen molar-refractivity contribution in [2.45, 2.75) is 19.9 Å². The maximum Gasteiger partial charge on any atom is 0.123 e. The van der Waals surface area contributed by atoms with E-state index in [2.05, 4.69) is 5.32 Å². The second-order valence-corrected chi connectivity index (χ2v) is 5.54. The minimum atomic E-state index is -0.274. The first-order chi connectivity index (χ1) is 9.51. The Morgan fingerprint density at radius 3 is 2.35 bits per heavy atom. The van der Waals surface area contributed by atoms with Crippen molar-refractivity contribution in [1.82, 2.24) is 5.32 Å². The fourth-order valence-corrected chi connectivity index (χ4v) is 2.81. The summed E-state index contributed by atoms with van der Waals surface area (Å²) in [5.41, 5.74) is 2.65. The molecule has 20 heavy (non-hydrogen) atoms. The van der Waals surface area contributed by atoms with Crippen molar-refractivity contribution in [3.05, 3.63) is 57.8 Å². The van der Waals surface area contributed by atoms with Crippen LogP contribution in [0.15, 0.2) is 36.4 Å². The lowest BCUT2D eigenvalue weighted by atomic mass is 9.95. The molecule has 0 heterocycles. The summed E-state index contributed by atoms with van der Waals surface area (Å²) in [6, 6.07) is 10.2. The summed E-state index contributed by atoms with van der Waals surface area (Å²) in [5, 5.41) is 4.41. The van der Waals surface area contributed by atoms with Gasteiger partial charge in [0, 0.05) is 16.1 Å². The van der Waals surface area contributed by atoms with Crippen molar-refractivity contribution < 1.29 is 4.39 Å². The van der Waals surface area contributed by atoms with Crippen LogP contribution in [-0.2, 0) is 0 Å². The molecule has 0 saturated carbocycles. The van der Waals surface area contributed by atoms with E-state index >= 15 is 0 Å². The Balaban J connectivity index is 2.56. The molecule has 1 atom stereocenters. The Labute approximate surface area is 128 Å². The van der Waals surface area contributed by atoms with Crippen LogP contribution in [0.3, 0.4) is 0 Å². The fraction of sp³-hybridized carbons (Fsp3) is 0.250. The normalized spacial score (nSPS) is 12.4. The molecule has 2 aromatic carbocycles. The molecule has 0 aromatic heterocycles. The number of rotatable bonds is 4. The predicted molar refractivity (Wildman–Crippen MR) is 83.9 cm³/mol. The van der Waals surface area contributed by atoms with Gasteiger partial charge in [-0.3, -0.25) is 0 Å². The summed E-state index contributed by atoms with van der Waals surface area (Å²) in [4.78, 5) is 0.